The third kappa shape index (κ3) is 3.97. The second-order valence-electron chi connectivity index (χ2n) is 6.15. The Hall–Kier alpha value is -0.520. The standard InChI is InChI=1S/C14H23N3S2/c1-10(18)15-6-8-17-7-5-11-12(9-17)19-13(16-11)14(2,3)4/h5-9H2,1-4H3,(H,15,18). The largest absolute Gasteiger partial charge is 0.379 e. The second kappa shape index (κ2) is 5.85. The van der Waals surface area contributed by atoms with Gasteiger partial charge in [-0.25, -0.2) is 4.98 Å². The first-order chi connectivity index (χ1) is 8.86. The van der Waals surface area contributed by atoms with Gasteiger partial charge in [-0.05, 0) is 6.92 Å². The van der Waals surface area contributed by atoms with Gasteiger partial charge in [0.2, 0.25) is 0 Å². The van der Waals surface area contributed by atoms with E-state index in [4.69, 9.17) is 17.2 Å². The fourth-order valence-electron chi connectivity index (χ4n) is 2.15. The van der Waals surface area contributed by atoms with Crippen LogP contribution in [0, 0.1) is 0 Å². The van der Waals surface area contributed by atoms with E-state index >= 15 is 0 Å². The van der Waals surface area contributed by atoms with E-state index in [2.05, 4.69) is 31.0 Å². The zero-order valence-corrected chi connectivity index (χ0v) is 13.9. The number of fused-ring (bicyclic) bond motifs is 1. The lowest BCUT2D eigenvalue weighted by Crippen LogP contribution is -2.36. The van der Waals surface area contributed by atoms with Crippen molar-refractivity contribution in [2.75, 3.05) is 19.6 Å². The van der Waals surface area contributed by atoms with Crippen LogP contribution in [-0.2, 0) is 18.4 Å². The van der Waals surface area contributed by atoms with Gasteiger partial charge in [0, 0.05) is 42.9 Å². The summed E-state index contributed by atoms with van der Waals surface area (Å²) in [5.41, 5.74) is 1.49. The summed E-state index contributed by atoms with van der Waals surface area (Å²) in [7, 11) is 0. The molecule has 2 rings (SSSR count). The molecule has 0 saturated carbocycles. The minimum atomic E-state index is 0.169. The van der Waals surface area contributed by atoms with Gasteiger partial charge in [0.05, 0.1) is 15.7 Å². The number of rotatable bonds is 3. The molecule has 1 aliphatic heterocycles. The van der Waals surface area contributed by atoms with Crippen molar-refractivity contribution in [2.24, 2.45) is 0 Å². The maximum absolute atomic E-state index is 5.03. The molecule has 0 spiro atoms. The average Bonchev–Trinajstić information content (AvgIpc) is 2.71. The predicted octanol–water partition coefficient (Wildman–Crippen LogP) is 2.74. The van der Waals surface area contributed by atoms with E-state index in [0.29, 0.717) is 0 Å². The number of thiocarbonyl (C=S) groups is 1. The fraction of sp³-hybridized carbons (Fsp3) is 0.714. The monoisotopic (exact) mass is 297 g/mol. The lowest BCUT2D eigenvalue weighted by Gasteiger charge is -2.25. The van der Waals surface area contributed by atoms with E-state index in [9.17, 15) is 0 Å². The molecule has 106 valence electrons. The van der Waals surface area contributed by atoms with E-state index in [-0.39, 0.29) is 5.41 Å². The van der Waals surface area contributed by atoms with Crippen LogP contribution in [0.25, 0.3) is 0 Å². The molecule has 5 heteroatoms. The van der Waals surface area contributed by atoms with Gasteiger partial charge in [0.15, 0.2) is 0 Å². The highest BCUT2D eigenvalue weighted by atomic mass is 32.1. The molecule has 0 fully saturated rings. The molecule has 0 saturated heterocycles. The van der Waals surface area contributed by atoms with Gasteiger partial charge < -0.3 is 5.32 Å². The molecule has 2 heterocycles. The number of thiazole rings is 1. The summed E-state index contributed by atoms with van der Waals surface area (Å²) in [6.07, 6.45) is 1.08. The molecule has 19 heavy (non-hydrogen) atoms. The maximum Gasteiger partial charge on any atom is 0.0985 e. The number of nitrogens with zero attached hydrogens (tertiary/aromatic N) is 2. The van der Waals surface area contributed by atoms with Crippen molar-refractivity contribution in [1.29, 1.82) is 0 Å². The highest BCUT2D eigenvalue weighted by Gasteiger charge is 2.25. The summed E-state index contributed by atoms with van der Waals surface area (Å²) in [6, 6.07) is 0. The Morgan fingerprint density at radius 3 is 2.84 bits per heavy atom. The smallest absolute Gasteiger partial charge is 0.0985 e. The van der Waals surface area contributed by atoms with E-state index in [1.54, 1.807) is 0 Å². The number of aromatic nitrogens is 1. The van der Waals surface area contributed by atoms with E-state index in [0.717, 1.165) is 37.6 Å². The van der Waals surface area contributed by atoms with Gasteiger partial charge in [0.1, 0.15) is 0 Å². The van der Waals surface area contributed by atoms with E-state index in [1.165, 1.54) is 15.6 Å². The molecule has 1 aromatic heterocycles. The Morgan fingerprint density at radius 1 is 1.47 bits per heavy atom. The average molecular weight is 297 g/mol. The van der Waals surface area contributed by atoms with Crippen LogP contribution in [-0.4, -0.2) is 34.5 Å². The summed E-state index contributed by atoms with van der Waals surface area (Å²) >= 11 is 6.92. The van der Waals surface area contributed by atoms with Gasteiger partial charge in [0.25, 0.3) is 0 Å². The lowest BCUT2D eigenvalue weighted by molar-refractivity contribution is 0.260. The van der Waals surface area contributed by atoms with Crippen molar-refractivity contribution < 1.29 is 0 Å². The Bertz CT molecular complexity index is 460. The van der Waals surface area contributed by atoms with Crippen molar-refractivity contribution in [1.82, 2.24) is 15.2 Å². The molecule has 0 amide bonds. The van der Waals surface area contributed by atoms with Crippen molar-refractivity contribution in [2.45, 2.75) is 46.1 Å². The number of nitrogens with one attached hydrogen (secondary N) is 1. The van der Waals surface area contributed by atoms with Crippen LogP contribution in [0.2, 0.25) is 0 Å². The predicted molar refractivity (Wildman–Crippen MR) is 86.1 cm³/mol. The summed E-state index contributed by atoms with van der Waals surface area (Å²) in [4.78, 5) is 9.64. The zero-order valence-electron chi connectivity index (χ0n) is 12.2. The van der Waals surface area contributed by atoms with Crippen LogP contribution in [0.4, 0.5) is 0 Å². The number of hydrogen-bond donors (Lipinski definition) is 1. The lowest BCUT2D eigenvalue weighted by atomic mass is 9.98. The minimum Gasteiger partial charge on any atom is -0.379 e. The van der Waals surface area contributed by atoms with Gasteiger partial charge >= 0.3 is 0 Å². The first kappa shape index (κ1) is 14.9. The summed E-state index contributed by atoms with van der Waals surface area (Å²) in [6.45, 7) is 12.8. The van der Waals surface area contributed by atoms with Crippen molar-refractivity contribution >= 4 is 28.5 Å². The molecule has 1 N–H and O–H groups in total. The molecule has 1 aromatic rings. The Kier molecular flexibility index (Phi) is 4.58. The third-order valence-corrected chi connectivity index (χ3v) is 4.91. The van der Waals surface area contributed by atoms with Crippen LogP contribution in [0.15, 0.2) is 0 Å². The van der Waals surface area contributed by atoms with Gasteiger partial charge in [-0.1, -0.05) is 33.0 Å². The number of hydrogen-bond acceptors (Lipinski definition) is 4. The van der Waals surface area contributed by atoms with E-state index < -0.39 is 0 Å². The molecule has 0 bridgehead atoms. The molecular weight excluding hydrogens is 274 g/mol. The molecule has 0 unspecified atom stereocenters. The highest BCUT2D eigenvalue weighted by Crippen LogP contribution is 2.32. The van der Waals surface area contributed by atoms with Gasteiger partial charge in [-0.15, -0.1) is 11.3 Å². The summed E-state index contributed by atoms with van der Waals surface area (Å²) < 4.78 is 0. The third-order valence-electron chi connectivity index (χ3n) is 3.25. The van der Waals surface area contributed by atoms with Crippen LogP contribution in [0.1, 0.15) is 43.3 Å². The maximum atomic E-state index is 5.03. The second-order valence-corrected chi connectivity index (χ2v) is 7.84. The summed E-state index contributed by atoms with van der Waals surface area (Å²) in [5, 5.41) is 4.49. The minimum absolute atomic E-state index is 0.169. The van der Waals surface area contributed by atoms with Crippen molar-refractivity contribution in [3.63, 3.8) is 0 Å². The molecule has 0 aliphatic carbocycles. The van der Waals surface area contributed by atoms with Crippen LogP contribution in [0.5, 0.6) is 0 Å². The normalized spacial score (nSPS) is 16.2. The van der Waals surface area contributed by atoms with E-state index in [1.807, 2.05) is 18.3 Å². The van der Waals surface area contributed by atoms with Gasteiger partial charge in [-0.3, -0.25) is 4.90 Å². The topological polar surface area (TPSA) is 28.2 Å². The Morgan fingerprint density at radius 2 is 2.21 bits per heavy atom. The molecule has 0 radical (unpaired) electrons. The molecule has 1 aliphatic rings. The SMILES string of the molecule is CC(=S)NCCN1CCc2nc(C(C)(C)C)sc2C1. The first-order valence-electron chi connectivity index (χ1n) is 6.82. The molecule has 0 aromatic carbocycles. The van der Waals surface area contributed by atoms with Crippen molar-refractivity contribution in [3.8, 4) is 0 Å². The molecule has 3 nitrogen and oxygen atoms in total. The van der Waals surface area contributed by atoms with Crippen LogP contribution >= 0.6 is 23.6 Å². The summed E-state index contributed by atoms with van der Waals surface area (Å²) in [5.74, 6) is 0. The van der Waals surface area contributed by atoms with Crippen LogP contribution in [0.3, 0.4) is 0 Å². The zero-order chi connectivity index (χ0) is 14.0. The first-order valence-corrected chi connectivity index (χ1v) is 8.04. The Labute approximate surface area is 125 Å². The quantitative estimate of drug-likeness (QED) is 0.868. The highest BCUT2D eigenvalue weighted by molar-refractivity contribution is 7.80. The fourth-order valence-corrected chi connectivity index (χ4v) is 3.46. The van der Waals surface area contributed by atoms with Crippen LogP contribution < -0.4 is 5.32 Å². The van der Waals surface area contributed by atoms with Gasteiger partial charge in [-0.2, -0.15) is 0 Å². The van der Waals surface area contributed by atoms with Crippen molar-refractivity contribution in [3.05, 3.63) is 15.6 Å². The molecular formula is C14H23N3S2. The molecule has 0 atom stereocenters. The Balaban J connectivity index is 1.96.